The molecule has 1 aliphatic rings. The van der Waals surface area contributed by atoms with E-state index in [9.17, 15) is 9.18 Å². The second-order valence-corrected chi connectivity index (χ2v) is 10.1. The first kappa shape index (κ1) is 26.2. The monoisotopic (exact) mass is 545 g/mol. The molecule has 1 aromatic heterocycles. The number of halogens is 1. The van der Waals surface area contributed by atoms with Gasteiger partial charge in [0.2, 0.25) is 5.91 Å². The van der Waals surface area contributed by atoms with E-state index >= 15 is 0 Å². The van der Waals surface area contributed by atoms with Gasteiger partial charge in [0.1, 0.15) is 24.2 Å². The number of nitrogens with zero attached hydrogens (tertiary/aromatic N) is 5. The van der Waals surface area contributed by atoms with E-state index in [4.69, 9.17) is 10.00 Å². The number of rotatable bonds is 8. The number of hydrogen-bond donors (Lipinski definition) is 0. The molecule has 4 aromatic carbocycles. The second-order valence-electron chi connectivity index (χ2n) is 10.1. The molecule has 1 fully saturated rings. The largest absolute Gasteiger partial charge is 0.489 e. The quantitative estimate of drug-likeness (QED) is 0.257. The maximum absolute atomic E-state index is 14.1. The van der Waals surface area contributed by atoms with E-state index in [0.29, 0.717) is 32.8 Å². The number of ether oxygens (including phenoxy) is 1. The third kappa shape index (κ3) is 5.81. The highest BCUT2D eigenvalue weighted by Gasteiger charge is 2.27. The third-order valence-electron chi connectivity index (χ3n) is 7.36. The van der Waals surface area contributed by atoms with Crippen LogP contribution in [-0.2, 0) is 24.5 Å². The van der Waals surface area contributed by atoms with Crippen molar-refractivity contribution in [3.63, 3.8) is 0 Å². The average Bonchev–Trinajstić information content (AvgIpc) is 3.42. The number of fused-ring (bicyclic) bond motifs is 1. The van der Waals surface area contributed by atoms with Gasteiger partial charge in [-0.3, -0.25) is 9.69 Å². The molecule has 0 aliphatic carbocycles. The molecule has 8 heteroatoms. The van der Waals surface area contributed by atoms with Crippen molar-refractivity contribution in [2.24, 2.45) is 0 Å². The number of carbonyl (C=O) groups excluding carboxylic acids is 1. The van der Waals surface area contributed by atoms with Crippen molar-refractivity contribution in [3.8, 4) is 11.8 Å². The molecule has 6 rings (SSSR count). The van der Waals surface area contributed by atoms with Crippen molar-refractivity contribution in [1.29, 1.82) is 5.26 Å². The third-order valence-corrected chi connectivity index (χ3v) is 7.36. The van der Waals surface area contributed by atoms with E-state index in [-0.39, 0.29) is 18.0 Å². The highest BCUT2D eigenvalue weighted by atomic mass is 19.1. The number of aromatic nitrogens is 2. The molecule has 0 saturated carbocycles. The molecule has 204 valence electrons. The van der Waals surface area contributed by atoms with Gasteiger partial charge < -0.3 is 14.2 Å². The van der Waals surface area contributed by atoms with Crippen molar-refractivity contribution < 1.29 is 13.9 Å². The minimum Gasteiger partial charge on any atom is -0.489 e. The fourth-order valence-electron chi connectivity index (χ4n) is 5.21. The number of hydrogen-bond acceptors (Lipinski definition) is 5. The lowest BCUT2D eigenvalue weighted by atomic mass is 10.1. The predicted molar refractivity (Wildman–Crippen MR) is 155 cm³/mol. The van der Waals surface area contributed by atoms with Crippen molar-refractivity contribution >= 4 is 22.4 Å². The van der Waals surface area contributed by atoms with Crippen LogP contribution in [0.1, 0.15) is 22.4 Å². The molecule has 0 unspecified atom stereocenters. The van der Waals surface area contributed by atoms with Crippen LogP contribution in [0.4, 0.5) is 10.1 Å². The fourth-order valence-corrected chi connectivity index (χ4v) is 5.21. The van der Waals surface area contributed by atoms with Gasteiger partial charge >= 0.3 is 0 Å². The normalized spacial score (nSPS) is 13.9. The van der Waals surface area contributed by atoms with Crippen LogP contribution in [0.2, 0.25) is 0 Å². The summed E-state index contributed by atoms with van der Waals surface area (Å²) >= 11 is 0. The van der Waals surface area contributed by atoms with Crippen LogP contribution in [-0.4, -0.2) is 40.0 Å². The second kappa shape index (κ2) is 11.6. The van der Waals surface area contributed by atoms with Gasteiger partial charge in [-0.1, -0.05) is 54.6 Å². The Morgan fingerprint density at radius 1 is 0.927 bits per heavy atom. The SMILES string of the molecule is N#Cc1ccc(Cn2cncc2CN2CCN(c3cccc4ccc(OCc5ccccc5)cc34)C(=O)C2)cc1F. The van der Waals surface area contributed by atoms with Crippen LogP contribution in [0.25, 0.3) is 10.8 Å². The van der Waals surface area contributed by atoms with Gasteiger partial charge in [-0.2, -0.15) is 5.26 Å². The summed E-state index contributed by atoms with van der Waals surface area (Å²) in [6.07, 6.45) is 3.48. The summed E-state index contributed by atoms with van der Waals surface area (Å²) in [7, 11) is 0. The van der Waals surface area contributed by atoms with Gasteiger partial charge in [-0.15, -0.1) is 0 Å². The number of imidazole rings is 1. The Morgan fingerprint density at radius 2 is 1.80 bits per heavy atom. The molecule has 0 spiro atoms. The maximum atomic E-state index is 14.1. The van der Waals surface area contributed by atoms with Crippen molar-refractivity contribution in [3.05, 3.63) is 126 Å². The molecule has 41 heavy (non-hydrogen) atoms. The number of amides is 1. The smallest absolute Gasteiger partial charge is 0.241 e. The molecule has 1 amide bonds. The molecule has 1 aliphatic heterocycles. The molecule has 5 aromatic rings. The Morgan fingerprint density at radius 3 is 2.61 bits per heavy atom. The topological polar surface area (TPSA) is 74.4 Å². The molecule has 7 nitrogen and oxygen atoms in total. The summed E-state index contributed by atoms with van der Waals surface area (Å²) < 4.78 is 22.1. The number of anilines is 1. The van der Waals surface area contributed by atoms with Crippen LogP contribution in [0.15, 0.2) is 97.5 Å². The van der Waals surface area contributed by atoms with Crippen LogP contribution in [0.3, 0.4) is 0 Å². The summed E-state index contributed by atoms with van der Waals surface area (Å²) in [5, 5.41) is 11.0. The van der Waals surface area contributed by atoms with Gasteiger partial charge in [0.25, 0.3) is 0 Å². The minimum atomic E-state index is -0.531. The van der Waals surface area contributed by atoms with Crippen molar-refractivity contribution in [2.45, 2.75) is 19.7 Å². The van der Waals surface area contributed by atoms with E-state index in [0.717, 1.165) is 39.0 Å². The first-order chi connectivity index (χ1) is 20.1. The van der Waals surface area contributed by atoms with Crippen molar-refractivity contribution in [2.75, 3.05) is 24.5 Å². The van der Waals surface area contributed by atoms with Gasteiger partial charge in [0.15, 0.2) is 0 Å². The zero-order chi connectivity index (χ0) is 28.2. The summed E-state index contributed by atoms with van der Waals surface area (Å²) in [4.78, 5) is 21.7. The molecule has 0 radical (unpaired) electrons. The number of piperazine rings is 1. The maximum Gasteiger partial charge on any atom is 0.241 e. The minimum absolute atomic E-state index is 0.0260. The highest BCUT2D eigenvalue weighted by Crippen LogP contribution is 2.31. The Kier molecular flexibility index (Phi) is 7.44. The van der Waals surface area contributed by atoms with Crippen molar-refractivity contribution in [1.82, 2.24) is 14.5 Å². The van der Waals surface area contributed by atoms with Crippen LogP contribution >= 0.6 is 0 Å². The van der Waals surface area contributed by atoms with E-state index in [2.05, 4.69) is 9.88 Å². The Bertz CT molecular complexity index is 1740. The average molecular weight is 546 g/mol. The Labute approximate surface area is 237 Å². The number of benzene rings is 4. The highest BCUT2D eigenvalue weighted by molar-refractivity contribution is 6.05. The van der Waals surface area contributed by atoms with Gasteiger partial charge in [0, 0.05) is 37.8 Å². The number of nitriles is 1. The number of carbonyl (C=O) groups is 1. The lowest BCUT2D eigenvalue weighted by Gasteiger charge is -2.35. The zero-order valence-corrected chi connectivity index (χ0v) is 22.4. The molecule has 0 atom stereocenters. The van der Waals surface area contributed by atoms with Crippen LogP contribution < -0.4 is 9.64 Å². The Hall–Kier alpha value is -5.00. The fraction of sp³-hybridized carbons (Fsp3) is 0.182. The summed E-state index contributed by atoms with van der Waals surface area (Å²) in [6, 6.07) is 28.5. The Balaban J connectivity index is 1.14. The summed E-state index contributed by atoms with van der Waals surface area (Å²) in [5.41, 5.74) is 3.67. The van der Waals surface area contributed by atoms with Gasteiger partial charge in [-0.25, -0.2) is 9.37 Å². The summed E-state index contributed by atoms with van der Waals surface area (Å²) in [5.74, 6) is 0.256. The lowest BCUT2D eigenvalue weighted by Crippen LogP contribution is -2.50. The molecule has 0 N–H and O–H groups in total. The van der Waals surface area contributed by atoms with Crippen LogP contribution in [0.5, 0.6) is 5.75 Å². The molecule has 1 saturated heterocycles. The lowest BCUT2D eigenvalue weighted by molar-refractivity contribution is -0.121. The van der Waals surface area contributed by atoms with E-state index in [1.54, 1.807) is 18.6 Å². The van der Waals surface area contributed by atoms with Gasteiger partial charge in [0.05, 0.1) is 29.8 Å². The van der Waals surface area contributed by atoms with Crippen LogP contribution in [0, 0.1) is 17.1 Å². The zero-order valence-electron chi connectivity index (χ0n) is 22.4. The first-order valence-corrected chi connectivity index (χ1v) is 13.5. The molecular weight excluding hydrogens is 517 g/mol. The first-order valence-electron chi connectivity index (χ1n) is 13.5. The standard InChI is InChI=1S/C33H28FN5O2/c34-31-15-25(9-10-27(31)17-35)19-38-23-36-18-28(38)20-37-13-14-39(33(40)21-37)32-8-4-7-26-11-12-29(16-30(26)32)41-22-24-5-2-1-3-6-24/h1-12,15-16,18,23H,13-14,19-22H2. The van der Waals surface area contributed by atoms with E-state index in [1.165, 1.54) is 12.1 Å². The van der Waals surface area contributed by atoms with E-state index in [1.807, 2.05) is 82.3 Å². The molecule has 0 bridgehead atoms. The van der Waals surface area contributed by atoms with Gasteiger partial charge in [-0.05, 0) is 46.8 Å². The van der Waals surface area contributed by atoms with E-state index < -0.39 is 5.82 Å². The molecule has 2 heterocycles. The predicted octanol–water partition coefficient (Wildman–Crippen LogP) is 5.52. The summed E-state index contributed by atoms with van der Waals surface area (Å²) in [6.45, 7) is 2.98. The molecular formula is C33H28FN5O2.